The molecule has 0 aliphatic carbocycles. The SMILES string of the molecule is c1cc(-c2ccc(N(c3ccccc3-c3cccc4c3oc3cc5ccccc5cc34)c3cccc4oc5c6ccccc6ccc5c34)cc2)cc(-c2cccc3ccccc23)c1. The van der Waals surface area contributed by atoms with Crippen molar-refractivity contribution in [2.75, 3.05) is 4.90 Å². The van der Waals surface area contributed by atoms with Gasteiger partial charge in [-0.05, 0) is 104 Å². The van der Waals surface area contributed by atoms with Crippen molar-refractivity contribution in [3.8, 4) is 33.4 Å². The van der Waals surface area contributed by atoms with E-state index in [1.165, 1.54) is 27.3 Å². The number of nitrogens with zero attached hydrogens (tertiary/aromatic N) is 1. The molecule has 0 atom stereocenters. The summed E-state index contributed by atoms with van der Waals surface area (Å²) in [6.07, 6.45) is 0. The molecule has 0 N–H and O–H groups in total. The van der Waals surface area contributed by atoms with Crippen molar-refractivity contribution in [3.63, 3.8) is 0 Å². The van der Waals surface area contributed by atoms with Crippen molar-refractivity contribution >= 4 is 93.3 Å². The van der Waals surface area contributed by atoms with Gasteiger partial charge in [-0.25, -0.2) is 0 Å². The molecule has 0 aliphatic rings. The molecule has 3 heteroatoms. The Bertz CT molecular complexity index is 3920. The lowest BCUT2D eigenvalue weighted by Gasteiger charge is -2.28. The Morgan fingerprint density at radius 1 is 0.286 bits per heavy atom. The zero-order chi connectivity index (χ0) is 41.4. The Morgan fingerprint density at radius 2 is 0.889 bits per heavy atom. The number of para-hydroxylation sites is 2. The summed E-state index contributed by atoms with van der Waals surface area (Å²) in [5.41, 5.74) is 13.4. The normalized spacial score (nSPS) is 11.8. The van der Waals surface area contributed by atoms with E-state index < -0.39 is 0 Å². The van der Waals surface area contributed by atoms with E-state index >= 15 is 0 Å². The van der Waals surface area contributed by atoms with Gasteiger partial charge in [0.1, 0.15) is 22.3 Å². The third-order valence-electron chi connectivity index (χ3n) is 12.8. The number of hydrogen-bond acceptors (Lipinski definition) is 3. The molecule has 3 nitrogen and oxygen atoms in total. The Morgan fingerprint density at radius 3 is 1.76 bits per heavy atom. The van der Waals surface area contributed by atoms with Crippen LogP contribution in [0.15, 0.2) is 233 Å². The first kappa shape index (κ1) is 35.4. The van der Waals surface area contributed by atoms with Crippen molar-refractivity contribution in [1.29, 1.82) is 0 Å². The molecule has 0 unspecified atom stereocenters. The number of anilines is 3. The van der Waals surface area contributed by atoms with Crippen LogP contribution in [0.1, 0.15) is 0 Å². The summed E-state index contributed by atoms with van der Waals surface area (Å²) in [6, 6.07) is 80.4. The Kier molecular flexibility index (Phi) is 7.91. The lowest BCUT2D eigenvalue weighted by molar-refractivity contribution is 0.670. The molecule has 0 bridgehead atoms. The quantitative estimate of drug-likeness (QED) is 0.168. The summed E-state index contributed by atoms with van der Waals surface area (Å²) in [4.78, 5) is 2.40. The van der Waals surface area contributed by atoms with E-state index in [2.05, 4.69) is 229 Å². The molecule has 11 aromatic carbocycles. The molecule has 0 fully saturated rings. The van der Waals surface area contributed by atoms with Crippen LogP contribution in [0.3, 0.4) is 0 Å². The molecule has 0 saturated heterocycles. The zero-order valence-corrected chi connectivity index (χ0v) is 34.1. The van der Waals surface area contributed by atoms with Gasteiger partial charge >= 0.3 is 0 Å². The zero-order valence-electron chi connectivity index (χ0n) is 34.1. The second-order valence-corrected chi connectivity index (χ2v) is 16.4. The summed E-state index contributed by atoms with van der Waals surface area (Å²) < 4.78 is 13.6. The van der Waals surface area contributed by atoms with E-state index in [1.807, 2.05) is 0 Å². The molecule has 294 valence electrons. The van der Waals surface area contributed by atoms with Crippen molar-refractivity contribution < 1.29 is 8.83 Å². The first-order chi connectivity index (χ1) is 31.2. The highest BCUT2D eigenvalue weighted by molar-refractivity contribution is 6.20. The average molecular weight is 804 g/mol. The van der Waals surface area contributed by atoms with Gasteiger partial charge in [-0.15, -0.1) is 0 Å². The third kappa shape index (κ3) is 5.67. The third-order valence-corrected chi connectivity index (χ3v) is 12.8. The van der Waals surface area contributed by atoms with Crippen LogP contribution >= 0.6 is 0 Å². The fourth-order valence-corrected chi connectivity index (χ4v) is 9.87. The number of benzene rings is 11. The molecule has 0 spiro atoms. The van der Waals surface area contributed by atoms with Crippen molar-refractivity contribution in [3.05, 3.63) is 224 Å². The summed E-state index contributed by atoms with van der Waals surface area (Å²) in [6.45, 7) is 0. The highest BCUT2D eigenvalue weighted by Gasteiger charge is 2.24. The average Bonchev–Trinajstić information content (AvgIpc) is 3.92. The molecule has 0 aliphatic heterocycles. The maximum absolute atomic E-state index is 6.85. The molecule has 2 heterocycles. The lowest BCUT2D eigenvalue weighted by atomic mass is 9.95. The smallest absolute Gasteiger partial charge is 0.143 e. The topological polar surface area (TPSA) is 29.5 Å². The minimum absolute atomic E-state index is 0.842. The van der Waals surface area contributed by atoms with Gasteiger partial charge in [0.05, 0.1) is 16.8 Å². The molecule has 2 aromatic heterocycles. The fraction of sp³-hybridized carbons (Fsp3) is 0. The molecule has 0 saturated carbocycles. The van der Waals surface area contributed by atoms with Gasteiger partial charge in [0.15, 0.2) is 0 Å². The van der Waals surface area contributed by atoms with Gasteiger partial charge in [-0.2, -0.15) is 0 Å². The van der Waals surface area contributed by atoms with Crippen LogP contribution in [0.5, 0.6) is 0 Å². The summed E-state index contributed by atoms with van der Waals surface area (Å²) >= 11 is 0. The van der Waals surface area contributed by atoms with Gasteiger partial charge in [0.25, 0.3) is 0 Å². The Labute approximate surface area is 363 Å². The fourth-order valence-electron chi connectivity index (χ4n) is 9.87. The number of rotatable bonds is 6. The highest BCUT2D eigenvalue weighted by Crippen LogP contribution is 2.48. The van der Waals surface area contributed by atoms with Crippen LogP contribution in [0.2, 0.25) is 0 Å². The van der Waals surface area contributed by atoms with E-state index in [1.54, 1.807) is 0 Å². The van der Waals surface area contributed by atoms with E-state index in [-0.39, 0.29) is 0 Å². The second-order valence-electron chi connectivity index (χ2n) is 16.4. The largest absolute Gasteiger partial charge is 0.455 e. The summed E-state index contributed by atoms with van der Waals surface area (Å²) in [7, 11) is 0. The summed E-state index contributed by atoms with van der Waals surface area (Å²) in [5.74, 6) is 0. The van der Waals surface area contributed by atoms with Gasteiger partial charge in [-0.3, -0.25) is 0 Å². The van der Waals surface area contributed by atoms with Crippen LogP contribution in [0.25, 0.3) is 110 Å². The van der Waals surface area contributed by atoms with Gasteiger partial charge < -0.3 is 13.7 Å². The maximum atomic E-state index is 6.85. The summed E-state index contributed by atoms with van der Waals surface area (Å²) in [5, 5.41) is 11.5. The van der Waals surface area contributed by atoms with Crippen LogP contribution < -0.4 is 4.90 Å². The number of fused-ring (bicyclic) bond motifs is 10. The standard InChI is InChI=1S/C60H37NO2/c1-2-16-43-37-57-53(36-42(43)15-1)51-25-11-24-50(60(51)63-57)49-22-7-8-26-54(49)61(55-27-12-28-56-58(55)52-34-31-40-14-4-6-21-48(40)59(52)62-56)45-32-29-38(30-33-45)41-18-9-19-44(35-41)47-23-10-17-39-13-3-5-20-46(39)47/h1-37H. The number of hydrogen-bond donors (Lipinski definition) is 0. The van der Waals surface area contributed by atoms with Gasteiger partial charge in [-0.1, -0.05) is 170 Å². The molecule has 63 heavy (non-hydrogen) atoms. The van der Waals surface area contributed by atoms with Crippen LogP contribution in [-0.4, -0.2) is 0 Å². The predicted molar refractivity (Wildman–Crippen MR) is 265 cm³/mol. The molecule has 13 aromatic rings. The minimum Gasteiger partial charge on any atom is -0.455 e. The van der Waals surface area contributed by atoms with Crippen LogP contribution in [0.4, 0.5) is 17.1 Å². The first-order valence-electron chi connectivity index (χ1n) is 21.5. The molecule has 0 radical (unpaired) electrons. The van der Waals surface area contributed by atoms with Crippen LogP contribution in [0, 0.1) is 0 Å². The maximum Gasteiger partial charge on any atom is 0.143 e. The monoisotopic (exact) mass is 803 g/mol. The minimum atomic E-state index is 0.842. The van der Waals surface area contributed by atoms with E-state index in [0.29, 0.717) is 0 Å². The second kappa shape index (κ2) is 14.1. The van der Waals surface area contributed by atoms with Gasteiger partial charge in [0.2, 0.25) is 0 Å². The molecular formula is C60H37NO2. The molecule has 13 rings (SSSR count). The Balaban J connectivity index is 1.01. The van der Waals surface area contributed by atoms with E-state index in [9.17, 15) is 0 Å². The Hall–Kier alpha value is -8.40. The van der Waals surface area contributed by atoms with Crippen LogP contribution in [-0.2, 0) is 0 Å². The van der Waals surface area contributed by atoms with Crippen molar-refractivity contribution in [2.24, 2.45) is 0 Å². The van der Waals surface area contributed by atoms with E-state index in [0.717, 1.165) is 99.4 Å². The van der Waals surface area contributed by atoms with E-state index in [4.69, 9.17) is 8.83 Å². The first-order valence-corrected chi connectivity index (χ1v) is 21.5. The van der Waals surface area contributed by atoms with Crippen molar-refractivity contribution in [1.82, 2.24) is 0 Å². The predicted octanol–water partition coefficient (Wildman–Crippen LogP) is 17.4. The number of furan rings is 2. The van der Waals surface area contributed by atoms with Gasteiger partial charge in [0, 0.05) is 38.4 Å². The highest BCUT2D eigenvalue weighted by atomic mass is 16.3. The van der Waals surface area contributed by atoms with Crippen molar-refractivity contribution in [2.45, 2.75) is 0 Å². The lowest BCUT2D eigenvalue weighted by Crippen LogP contribution is -2.11. The molecular weight excluding hydrogens is 767 g/mol. The molecule has 0 amide bonds.